The summed E-state index contributed by atoms with van der Waals surface area (Å²) in [7, 11) is 1.80. The molecule has 0 aliphatic carbocycles. The maximum Gasteiger partial charge on any atom is 0.226 e. The molecule has 0 spiro atoms. The summed E-state index contributed by atoms with van der Waals surface area (Å²) >= 11 is 3.50. The molecule has 1 heterocycles. The van der Waals surface area contributed by atoms with E-state index in [9.17, 15) is 9.18 Å². The Morgan fingerprint density at radius 2 is 1.89 bits per heavy atom. The molecule has 2 aromatic carbocycles. The molecule has 1 N–H and O–H groups in total. The van der Waals surface area contributed by atoms with Gasteiger partial charge in [-0.1, -0.05) is 78.8 Å². The molecule has 0 bridgehead atoms. The van der Waals surface area contributed by atoms with Crippen molar-refractivity contribution in [3.63, 3.8) is 0 Å². The largest absolute Gasteiger partial charge is 0.377 e. The van der Waals surface area contributed by atoms with Crippen LogP contribution in [-0.4, -0.2) is 37.6 Å². The first kappa shape index (κ1) is 31.7. The molecule has 0 aromatic heterocycles. The Kier molecular flexibility index (Phi) is 14.3. The topological polar surface area (TPSA) is 41.6 Å². The van der Waals surface area contributed by atoms with Crippen LogP contribution in [0.5, 0.6) is 0 Å². The van der Waals surface area contributed by atoms with Crippen molar-refractivity contribution in [2.24, 2.45) is 5.92 Å². The Morgan fingerprint density at radius 1 is 1.21 bits per heavy atom. The van der Waals surface area contributed by atoms with Crippen LogP contribution >= 0.6 is 15.9 Å². The fraction of sp³-hybridized carbons (Fsp3) is 0.406. The maximum atomic E-state index is 12.0. The molecule has 206 valence electrons. The predicted molar refractivity (Wildman–Crippen MR) is 161 cm³/mol. The van der Waals surface area contributed by atoms with E-state index in [4.69, 9.17) is 4.74 Å². The van der Waals surface area contributed by atoms with Crippen molar-refractivity contribution in [2.75, 3.05) is 32.1 Å². The van der Waals surface area contributed by atoms with E-state index in [-0.39, 0.29) is 23.8 Å². The smallest absolute Gasteiger partial charge is 0.226 e. The average Bonchev–Trinajstić information content (AvgIpc) is 2.93. The van der Waals surface area contributed by atoms with Crippen LogP contribution in [0.3, 0.4) is 0 Å². The van der Waals surface area contributed by atoms with Crippen molar-refractivity contribution in [3.8, 4) is 0 Å². The van der Waals surface area contributed by atoms with Crippen molar-refractivity contribution in [1.82, 2.24) is 4.90 Å². The van der Waals surface area contributed by atoms with Gasteiger partial charge in [-0.15, -0.1) is 0 Å². The van der Waals surface area contributed by atoms with Gasteiger partial charge in [0.2, 0.25) is 5.91 Å². The fourth-order valence-corrected chi connectivity index (χ4v) is 4.57. The number of nitrogens with one attached hydrogen (secondary N) is 1. The van der Waals surface area contributed by atoms with E-state index in [2.05, 4.69) is 75.2 Å². The number of likely N-dealkylation sites (tertiary alicyclic amines) is 1. The molecule has 0 saturated carbocycles. The number of amides is 1. The van der Waals surface area contributed by atoms with Gasteiger partial charge in [0.15, 0.2) is 0 Å². The number of methoxy groups -OCH3 is 1. The predicted octanol–water partition coefficient (Wildman–Crippen LogP) is 8.60. The molecule has 1 aliphatic rings. The number of halogens is 2. The zero-order valence-electron chi connectivity index (χ0n) is 23.1. The lowest BCUT2D eigenvalue weighted by Crippen LogP contribution is -2.34. The lowest BCUT2D eigenvalue weighted by atomic mass is 9.89. The molecule has 6 heteroatoms. The number of anilines is 1. The molecular weight excluding hydrogens is 543 g/mol. The van der Waals surface area contributed by atoms with Gasteiger partial charge in [-0.2, -0.15) is 0 Å². The second-order valence-electron chi connectivity index (χ2n) is 9.72. The zero-order chi connectivity index (χ0) is 27.9. The molecular formula is C32H42BrFN2O2. The molecule has 1 aliphatic heterocycles. The third kappa shape index (κ3) is 11.1. The third-order valence-corrected chi connectivity index (χ3v) is 7.17. The SMILES string of the molecule is C=C/C=C\C(F)=C/C.COC(CCN1CCC(c2cccc(NC(=O)C(C)C)c2)CC1)c1ccc(Br)cc1. The summed E-state index contributed by atoms with van der Waals surface area (Å²) in [6, 6.07) is 16.8. The minimum atomic E-state index is -0.232. The van der Waals surface area contributed by atoms with Crippen LogP contribution in [0.15, 0.2) is 89.7 Å². The second kappa shape index (κ2) is 17.1. The standard InChI is InChI=1S/C25H33BrN2O2.C7H9F/c1-18(2)25(29)27-23-6-4-5-21(17-23)19-11-14-28(15-12-19)16-13-24(30-3)20-7-9-22(26)10-8-20;1-3-5-6-7(8)4-2/h4-10,17-19,24H,11-16H2,1-3H3,(H,27,29);3-6H,1H2,2H3/b;6-5-,7-4+. The van der Waals surface area contributed by atoms with E-state index < -0.39 is 0 Å². The Bertz CT molecular complexity index is 1060. The summed E-state index contributed by atoms with van der Waals surface area (Å²) in [5.74, 6) is 0.386. The molecule has 1 unspecified atom stereocenters. The lowest BCUT2D eigenvalue weighted by molar-refractivity contribution is -0.118. The van der Waals surface area contributed by atoms with Crippen LogP contribution in [0.1, 0.15) is 63.2 Å². The van der Waals surface area contributed by atoms with Gasteiger partial charge in [0.05, 0.1) is 6.10 Å². The van der Waals surface area contributed by atoms with Crippen LogP contribution < -0.4 is 5.32 Å². The van der Waals surface area contributed by atoms with Crippen LogP contribution in [0.4, 0.5) is 10.1 Å². The number of nitrogens with zero attached hydrogens (tertiary/aromatic N) is 1. The van der Waals surface area contributed by atoms with E-state index in [1.807, 2.05) is 19.9 Å². The highest BCUT2D eigenvalue weighted by Crippen LogP contribution is 2.30. The minimum absolute atomic E-state index is 0.00905. The number of allylic oxidation sites excluding steroid dienone is 5. The zero-order valence-corrected chi connectivity index (χ0v) is 24.7. The molecule has 38 heavy (non-hydrogen) atoms. The van der Waals surface area contributed by atoms with Crippen LogP contribution in [-0.2, 0) is 9.53 Å². The molecule has 0 radical (unpaired) electrons. The Morgan fingerprint density at radius 3 is 2.47 bits per heavy atom. The molecule has 1 saturated heterocycles. The maximum absolute atomic E-state index is 12.0. The van der Waals surface area contributed by atoms with Gasteiger partial charge in [-0.25, -0.2) is 4.39 Å². The molecule has 1 amide bonds. The first-order chi connectivity index (χ1) is 18.3. The van der Waals surface area contributed by atoms with Crippen molar-refractivity contribution in [3.05, 3.63) is 101 Å². The summed E-state index contributed by atoms with van der Waals surface area (Å²) < 4.78 is 18.9. The normalized spacial score (nSPS) is 15.7. The fourth-order valence-electron chi connectivity index (χ4n) is 4.30. The minimum Gasteiger partial charge on any atom is -0.377 e. The molecule has 3 rings (SSSR count). The van der Waals surface area contributed by atoms with Crippen molar-refractivity contribution in [1.29, 1.82) is 0 Å². The van der Waals surface area contributed by atoms with Crippen molar-refractivity contribution in [2.45, 2.75) is 52.1 Å². The average molecular weight is 586 g/mol. The number of hydrogen-bond donors (Lipinski definition) is 1. The monoisotopic (exact) mass is 584 g/mol. The number of rotatable bonds is 10. The Balaban J connectivity index is 0.000000550. The number of ether oxygens (including phenoxy) is 1. The van der Waals surface area contributed by atoms with Crippen LogP contribution in [0.2, 0.25) is 0 Å². The molecule has 1 atom stereocenters. The summed E-state index contributed by atoms with van der Waals surface area (Å²) in [5.41, 5.74) is 3.47. The van der Waals surface area contributed by atoms with E-state index in [0.29, 0.717) is 5.92 Å². The highest BCUT2D eigenvalue weighted by Gasteiger charge is 2.22. The van der Waals surface area contributed by atoms with Crippen LogP contribution in [0, 0.1) is 5.92 Å². The van der Waals surface area contributed by atoms with E-state index >= 15 is 0 Å². The number of hydrogen-bond acceptors (Lipinski definition) is 3. The summed E-state index contributed by atoms with van der Waals surface area (Å²) in [4.78, 5) is 14.5. The first-order valence-corrected chi connectivity index (χ1v) is 14.1. The van der Waals surface area contributed by atoms with Gasteiger partial charge in [0.1, 0.15) is 5.83 Å². The first-order valence-electron chi connectivity index (χ1n) is 13.3. The van der Waals surface area contributed by atoms with Gasteiger partial charge in [-0.3, -0.25) is 4.79 Å². The van der Waals surface area contributed by atoms with E-state index in [1.165, 1.54) is 29.4 Å². The third-order valence-electron chi connectivity index (χ3n) is 6.64. The number of piperidine rings is 1. The number of carbonyl (C=O) groups is 1. The highest BCUT2D eigenvalue weighted by atomic mass is 79.9. The van der Waals surface area contributed by atoms with Crippen molar-refractivity contribution < 1.29 is 13.9 Å². The summed E-state index contributed by atoms with van der Waals surface area (Å²) in [5, 5.41) is 3.02. The van der Waals surface area contributed by atoms with Gasteiger partial charge in [0, 0.05) is 29.7 Å². The van der Waals surface area contributed by atoms with Gasteiger partial charge in [0.25, 0.3) is 0 Å². The van der Waals surface area contributed by atoms with Crippen molar-refractivity contribution >= 4 is 27.5 Å². The second-order valence-corrected chi connectivity index (χ2v) is 10.6. The molecule has 2 aromatic rings. The van der Waals surface area contributed by atoms with Gasteiger partial charge >= 0.3 is 0 Å². The quantitative estimate of drug-likeness (QED) is 0.284. The molecule has 1 fully saturated rings. The number of benzene rings is 2. The van der Waals surface area contributed by atoms with E-state index in [0.717, 1.165) is 49.1 Å². The van der Waals surface area contributed by atoms with Gasteiger partial charge in [-0.05, 0) is 86.7 Å². The van der Waals surface area contributed by atoms with Gasteiger partial charge < -0.3 is 15.0 Å². The number of carbonyl (C=O) groups excluding carboxylic acids is 1. The Hall–Kier alpha value is -2.54. The summed E-state index contributed by atoms with van der Waals surface area (Å²) in [6.45, 7) is 12.1. The summed E-state index contributed by atoms with van der Waals surface area (Å²) in [6.07, 6.45) is 9.26. The highest BCUT2D eigenvalue weighted by molar-refractivity contribution is 9.10. The van der Waals surface area contributed by atoms with E-state index in [1.54, 1.807) is 20.1 Å². The lowest BCUT2D eigenvalue weighted by Gasteiger charge is -2.33. The van der Waals surface area contributed by atoms with Crippen LogP contribution in [0.25, 0.3) is 0 Å². The molecule has 4 nitrogen and oxygen atoms in total. The Labute approximate surface area is 236 Å².